The highest BCUT2D eigenvalue weighted by molar-refractivity contribution is 5.76. The summed E-state index contributed by atoms with van der Waals surface area (Å²) < 4.78 is 1.29. The Morgan fingerprint density at radius 2 is 1.73 bits per heavy atom. The van der Waals surface area contributed by atoms with Crippen molar-refractivity contribution in [1.29, 1.82) is 0 Å². The van der Waals surface area contributed by atoms with Crippen molar-refractivity contribution in [2.75, 3.05) is 0 Å². The molecule has 3 rings (SSSR count). The SMILES string of the molecule is CC(Cc1ccc(-c2ccccc2)cc1)NC(=O)Cn1cccnc1=O. The van der Waals surface area contributed by atoms with Crippen molar-refractivity contribution in [3.8, 4) is 11.1 Å². The van der Waals surface area contributed by atoms with Crippen molar-refractivity contribution < 1.29 is 4.79 Å². The van der Waals surface area contributed by atoms with E-state index in [4.69, 9.17) is 0 Å². The maximum absolute atomic E-state index is 12.1. The summed E-state index contributed by atoms with van der Waals surface area (Å²) in [4.78, 5) is 27.3. The number of carbonyl (C=O) groups is 1. The summed E-state index contributed by atoms with van der Waals surface area (Å²) in [6, 6.07) is 20.2. The first-order chi connectivity index (χ1) is 12.6. The van der Waals surface area contributed by atoms with Gasteiger partial charge in [-0.3, -0.25) is 9.36 Å². The first kappa shape index (κ1) is 17.6. The van der Waals surface area contributed by atoms with Crippen LogP contribution in [0.25, 0.3) is 11.1 Å². The monoisotopic (exact) mass is 347 g/mol. The Morgan fingerprint density at radius 1 is 1.04 bits per heavy atom. The summed E-state index contributed by atoms with van der Waals surface area (Å²) in [7, 11) is 0. The first-order valence-corrected chi connectivity index (χ1v) is 8.57. The largest absolute Gasteiger partial charge is 0.352 e. The Kier molecular flexibility index (Phi) is 5.59. The number of carbonyl (C=O) groups excluding carboxylic acids is 1. The molecule has 1 atom stereocenters. The third-order valence-electron chi connectivity index (χ3n) is 4.11. The zero-order valence-corrected chi connectivity index (χ0v) is 14.6. The standard InChI is InChI=1S/C21H21N3O2/c1-16(23-20(25)15-24-13-5-12-22-21(24)26)14-17-8-10-19(11-9-17)18-6-3-2-4-7-18/h2-13,16H,14-15H2,1H3,(H,23,25). The highest BCUT2D eigenvalue weighted by Crippen LogP contribution is 2.19. The van der Waals surface area contributed by atoms with E-state index in [2.05, 4.69) is 46.7 Å². The van der Waals surface area contributed by atoms with Gasteiger partial charge in [-0.15, -0.1) is 0 Å². The Balaban J connectivity index is 1.56. The van der Waals surface area contributed by atoms with Crippen molar-refractivity contribution in [1.82, 2.24) is 14.9 Å². The second-order valence-corrected chi connectivity index (χ2v) is 6.27. The average Bonchev–Trinajstić information content (AvgIpc) is 2.65. The molecule has 5 heteroatoms. The van der Waals surface area contributed by atoms with Crippen LogP contribution in [0.5, 0.6) is 0 Å². The van der Waals surface area contributed by atoms with E-state index in [1.54, 1.807) is 12.3 Å². The molecule has 0 saturated heterocycles. The van der Waals surface area contributed by atoms with Crippen LogP contribution in [0, 0.1) is 0 Å². The lowest BCUT2D eigenvalue weighted by molar-refractivity contribution is -0.122. The summed E-state index contributed by atoms with van der Waals surface area (Å²) in [6.07, 6.45) is 3.70. The first-order valence-electron chi connectivity index (χ1n) is 8.57. The van der Waals surface area contributed by atoms with Crippen molar-refractivity contribution in [3.63, 3.8) is 0 Å². The number of nitrogens with zero attached hydrogens (tertiary/aromatic N) is 2. The van der Waals surface area contributed by atoms with Crippen LogP contribution >= 0.6 is 0 Å². The van der Waals surface area contributed by atoms with Gasteiger partial charge in [0.2, 0.25) is 5.91 Å². The Labute approximate surface area is 152 Å². The van der Waals surface area contributed by atoms with Crippen LogP contribution in [0.2, 0.25) is 0 Å². The smallest absolute Gasteiger partial charge is 0.347 e. The molecule has 1 aromatic heterocycles. The topological polar surface area (TPSA) is 64.0 Å². The minimum Gasteiger partial charge on any atom is -0.352 e. The predicted molar refractivity (Wildman–Crippen MR) is 102 cm³/mol. The van der Waals surface area contributed by atoms with Gasteiger partial charge in [-0.1, -0.05) is 54.6 Å². The van der Waals surface area contributed by atoms with Gasteiger partial charge >= 0.3 is 5.69 Å². The molecule has 1 unspecified atom stereocenters. The maximum atomic E-state index is 12.1. The van der Waals surface area contributed by atoms with Crippen LogP contribution in [0.4, 0.5) is 0 Å². The summed E-state index contributed by atoms with van der Waals surface area (Å²) >= 11 is 0. The van der Waals surface area contributed by atoms with E-state index in [9.17, 15) is 9.59 Å². The second-order valence-electron chi connectivity index (χ2n) is 6.27. The lowest BCUT2D eigenvalue weighted by Crippen LogP contribution is -2.38. The molecule has 1 amide bonds. The van der Waals surface area contributed by atoms with E-state index in [0.717, 1.165) is 12.0 Å². The molecule has 1 heterocycles. The molecule has 0 aliphatic rings. The van der Waals surface area contributed by atoms with Crippen molar-refractivity contribution in [2.24, 2.45) is 0 Å². The molecule has 1 N–H and O–H groups in total. The molecule has 132 valence electrons. The fourth-order valence-corrected chi connectivity index (χ4v) is 2.85. The lowest BCUT2D eigenvalue weighted by Gasteiger charge is -2.15. The van der Waals surface area contributed by atoms with Gasteiger partial charge in [-0.2, -0.15) is 0 Å². The quantitative estimate of drug-likeness (QED) is 0.746. The van der Waals surface area contributed by atoms with Crippen LogP contribution in [0.1, 0.15) is 12.5 Å². The van der Waals surface area contributed by atoms with E-state index in [1.165, 1.54) is 21.9 Å². The normalized spacial score (nSPS) is 11.7. The van der Waals surface area contributed by atoms with Crippen LogP contribution in [-0.4, -0.2) is 21.5 Å². The number of hydrogen-bond acceptors (Lipinski definition) is 3. The zero-order valence-electron chi connectivity index (χ0n) is 14.6. The number of aromatic nitrogens is 2. The van der Waals surface area contributed by atoms with E-state index in [0.29, 0.717) is 0 Å². The highest BCUT2D eigenvalue weighted by atomic mass is 16.2. The summed E-state index contributed by atoms with van der Waals surface area (Å²) in [5.41, 5.74) is 3.08. The Bertz CT molecular complexity index is 918. The highest BCUT2D eigenvalue weighted by Gasteiger charge is 2.10. The molecule has 0 aliphatic heterocycles. The van der Waals surface area contributed by atoms with E-state index < -0.39 is 5.69 Å². The summed E-state index contributed by atoms with van der Waals surface area (Å²) in [5, 5.41) is 2.92. The molecule has 0 fully saturated rings. The van der Waals surface area contributed by atoms with Crippen LogP contribution in [-0.2, 0) is 17.8 Å². The fourth-order valence-electron chi connectivity index (χ4n) is 2.85. The second kappa shape index (κ2) is 8.25. The number of amides is 1. The molecular weight excluding hydrogens is 326 g/mol. The molecular formula is C21H21N3O2. The lowest BCUT2D eigenvalue weighted by atomic mass is 10.0. The Hall–Kier alpha value is -3.21. The Morgan fingerprint density at radius 3 is 2.42 bits per heavy atom. The van der Waals surface area contributed by atoms with E-state index in [-0.39, 0.29) is 18.5 Å². The molecule has 0 aliphatic carbocycles. The molecule has 0 bridgehead atoms. The van der Waals surface area contributed by atoms with Crippen LogP contribution in [0.3, 0.4) is 0 Å². The van der Waals surface area contributed by atoms with Crippen molar-refractivity contribution in [2.45, 2.75) is 25.9 Å². The minimum absolute atomic E-state index is 0.0239. The van der Waals surface area contributed by atoms with E-state index in [1.807, 2.05) is 25.1 Å². The predicted octanol–water partition coefficient (Wildman–Crippen LogP) is 2.66. The number of nitrogens with one attached hydrogen (secondary N) is 1. The maximum Gasteiger partial charge on any atom is 0.347 e. The van der Waals surface area contributed by atoms with Gasteiger partial charge in [0, 0.05) is 18.4 Å². The van der Waals surface area contributed by atoms with Crippen molar-refractivity contribution >= 4 is 5.91 Å². The molecule has 0 spiro atoms. The van der Waals surface area contributed by atoms with Gasteiger partial charge in [0.05, 0.1) is 0 Å². The third kappa shape index (κ3) is 4.66. The molecule has 26 heavy (non-hydrogen) atoms. The molecule has 5 nitrogen and oxygen atoms in total. The van der Waals surface area contributed by atoms with Gasteiger partial charge in [0.1, 0.15) is 6.54 Å². The fraction of sp³-hybridized carbons (Fsp3) is 0.190. The van der Waals surface area contributed by atoms with Crippen LogP contribution in [0.15, 0.2) is 77.9 Å². The van der Waals surface area contributed by atoms with Crippen molar-refractivity contribution in [3.05, 3.63) is 89.1 Å². The number of hydrogen-bond donors (Lipinski definition) is 1. The third-order valence-corrected chi connectivity index (χ3v) is 4.11. The van der Waals surface area contributed by atoms with E-state index >= 15 is 0 Å². The summed E-state index contributed by atoms with van der Waals surface area (Å²) in [5.74, 6) is -0.200. The van der Waals surface area contributed by atoms with Gasteiger partial charge in [-0.25, -0.2) is 9.78 Å². The summed E-state index contributed by atoms with van der Waals surface area (Å²) in [6.45, 7) is 1.93. The number of rotatable bonds is 6. The molecule has 0 saturated carbocycles. The van der Waals surface area contributed by atoms with Gasteiger partial charge in [0.15, 0.2) is 0 Å². The molecule has 3 aromatic rings. The van der Waals surface area contributed by atoms with Gasteiger partial charge in [0.25, 0.3) is 0 Å². The molecule has 0 radical (unpaired) electrons. The molecule has 2 aromatic carbocycles. The zero-order chi connectivity index (χ0) is 18.4. The minimum atomic E-state index is -0.424. The van der Waals surface area contributed by atoms with Gasteiger partial charge in [-0.05, 0) is 36.1 Å². The van der Waals surface area contributed by atoms with Crippen LogP contribution < -0.4 is 11.0 Å². The van der Waals surface area contributed by atoms with Gasteiger partial charge < -0.3 is 5.32 Å². The number of benzene rings is 2. The average molecular weight is 347 g/mol.